The molecule has 1 amide bonds. The van der Waals surface area contributed by atoms with Gasteiger partial charge in [0, 0.05) is 16.2 Å². The molecule has 0 N–H and O–H groups in total. The van der Waals surface area contributed by atoms with Gasteiger partial charge in [-0.05, 0) is 32.0 Å². The highest BCUT2D eigenvalue weighted by Crippen LogP contribution is 2.47. The zero-order valence-corrected chi connectivity index (χ0v) is 12.2. The number of carbonyl (C=O) groups is 1. The van der Waals surface area contributed by atoms with Gasteiger partial charge in [-0.25, -0.2) is 9.97 Å². The van der Waals surface area contributed by atoms with Crippen LogP contribution in [0.4, 0.5) is 11.5 Å². The van der Waals surface area contributed by atoms with Crippen LogP contribution in [0.5, 0.6) is 0 Å². The molecule has 0 radical (unpaired) electrons. The van der Waals surface area contributed by atoms with Crippen LogP contribution in [0.3, 0.4) is 0 Å². The van der Waals surface area contributed by atoms with Crippen LogP contribution in [0.25, 0.3) is 0 Å². The molecule has 0 saturated heterocycles. The quantitative estimate of drug-likeness (QED) is 0.811. The first-order valence-corrected chi connectivity index (χ1v) is 6.72. The van der Waals surface area contributed by atoms with Gasteiger partial charge in [-0.15, -0.1) is 0 Å². The molecule has 2 heterocycles. The van der Waals surface area contributed by atoms with Crippen molar-refractivity contribution in [3.8, 4) is 0 Å². The molecule has 19 heavy (non-hydrogen) atoms. The molecule has 96 valence electrons. The summed E-state index contributed by atoms with van der Waals surface area (Å²) in [5, 5.41) is 0. The van der Waals surface area contributed by atoms with Crippen molar-refractivity contribution in [1.82, 2.24) is 9.97 Å². The van der Waals surface area contributed by atoms with E-state index in [9.17, 15) is 4.79 Å². The molecule has 1 aromatic carbocycles. The largest absolute Gasteiger partial charge is 0.273 e. The lowest BCUT2D eigenvalue weighted by molar-refractivity contribution is -0.121. The van der Waals surface area contributed by atoms with Crippen LogP contribution < -0.4 is 4.90 Å². The van der Waals surface area contributed by atoms with Crippen molar-refractivity contribution in [2.45, 2.75) is 19.3 Å². The number of carbonyl (C=O) groups excluding carboxylic acids is 1. The van der Waals surface area contributed by atoms with Crippen LogP contribution in [0.1, 0.15) is 19.4 Å². The number of anilines is 2. The second-order valence-corrected chi connectivity index (χ2v) is 5.82. The smallest absolute Gasteiger partial charge is 0.242 e. The summed E-state index contributed by atoms with van der Waals surface area (Å²) in [7, 11) is 0. The van der Waals surface area contributed by atoms with E-state index in [1.807, 2.05) is 32.0 Å². The first-order valence-electron chi connectivity index (χ1n) is 5.93. The number of hydrogen-bond acceptors (Lipinski definition) is 3. The molecule has 0 unspecified atom stereocenters. The van der Waals surface area contributed by atoms with Gasteiger partial charge in [-0.3, -0.25) is 9.69 Å². The van der Waals surface area contributed by atoms with E-state index in [1.54, 1.807) is 17.2 Å². The Morgan fingerprint density at radius 1 is 1.26 bits per heavy atom. The lowest BCUT2D eigenvalue weighted by atomic mass is 9.86. The summed E-state index contributed by atoms with van der Waals surface area (Å²) in [5.74, 6) is 0.623. The molecular weight excluding hydrogens is 306 g/mol. The molecule has 4 nitrogen and oxygen atoms in total. The number of rotatable bonds is 1. The zero-order chi connectivity index (χ0) is 13.6. The van der Waals surface area contributed by atoms with Gasteiger partial charge in [0.2, 0.25) is 5.91 Å². The highest BCUT2D eigenvalue weighted by atomic mass is 79.9. The first kappa shape index (κ1) is 12.3. The van der Waals surface area contributed by atoms with Crippen molar-refractivity contribution < 1.29 is 4.79 Å². The summed E-state index contributed by atoms with van der Waals surface area (Å²) in [4.78, 5) is 22.4. The minimum Gasteiger partial charge on any atom is -0.273 e. The van der Waals surface area contributed by atoms with E-state index in [2.05, 4.69) is 25.9 Å². The molecule has 0 fully saturated rings. The molecule has 2 aromatic rings. The van der Waals surface area contributed by atoms with E-state index in [4.69, 9.17) is 0 Å². The van der Waals surface area contributed by atoms with Crippen molar-refractivity contribution >= 4 is 33.3 Å². The highest BCUT2D eigenvalue weighted by Gasteiger charge is 2.46. The molecule has 0 bridgehead atoms. The summed E-state index contributed by atoms with van der Waals surface area (Å²) in [6, 6.07) is 7.56. The Morgan fingerprint density at radius 2 is 2.05 bits per heavy atom. The van der Waals surface area contributed by atoms with E-state index in [1.165, 1.54) is 6.33 Å². The maximum absolute atomic E-state index is 12.7. The molecule has 5 heteroatoms. The molecule has 0 saturated carbocycles. The summed E-state index contributed by atoms with van der Waals surface area (Å²) < 4.78 is 0.944. The van der Waals surface area contributed by atoms with Gasteiger partial charge in [0.15, 0.2) is 0 Å². The summed E-state index contributed by atoms with van der Waals surface area (Å²) >= 11 is 3.54. The van der Waals surface area contributed by atoms with Crippen LogP contribution in [-0.4, -0.2) is 15.9 Å². The lowest BCUT2D eigenvalue weighted by Gasteiger charge is -2.19. The van der Waals surface area contributed by atoms with Gasteiger partial charge < -0.3 is 0 Å². The summed E-state index contributed by atoms with van der Waals surface area (Å²) in [5.41, 5.74) is 1.31. The maximum Gasteiger partial charge on any atom is 0.242 e. The van der Waals surface area contributed by atoms with Gasteiger partial charge >= 0.3 is 0 Å². The van der Waals surface area contributed by atoms with Gasteiger partial charge in [-0.1, -0.05) is 22.0 Å². The minimum atomic E-state index is -0.569. The van der Waals surface area contributed by atoms with Gasteiger partial charge in [0.25, 0.3) is 0 Å². The molecule has 1 aliphatic rings. The Labute approximate surface area is 119 Å². The average molecular weight is 318 g/mol. The van der Waals surface area contributed by atoms with E-state index >= 15 is 0 Å². The topological polar surface area (TPSA) is 46.1 Å². The number of benzene rings is 1. The predicted molar refractivity (Wildman–Crippen MR) is 76.3 cm³/mol. The Bertz CT molecular complexity index is 655. The second-order valence-electron chi connectivity index (χ2n) is 4.97. The Morgan fingerprint density at radius 3 is 2.74 bits per heavy atom. The second kappa shape index (κ2) is 4.13. The Kier molecular flexibility index (Phi) is 2.67. The van der Waals surface area contributed by atoms with E-state index in [-0.39, 0.29) is 5.91 Å². The fraction of sp³-hybridized carbons (Fsp3) is 0.214. The Balaban J connectivity index is 2.26. The fourth-order valence-electron chi connectivity index (χ4n) is 2.46. The highest BCUT2D eigenvalue weighted by molar-refractivity contribution is 9.10. The number of hydrogen-bond donors (Lipinski definition) is 0. The van der Waals surface area contributed by atoms with Crippen LogP contribution in [-0.2, 0) is 10.2 Å². The summed E-state index contributed by atoms with van der Waals surface area (Å²) in [6.07, 6.45) is 3.09. The molecular formula is C14H12BrN3O. The van der Waals surface area contributed by atoms with Crippen LogP contribution in [0, 0.1) is 0 Å². The number of fused-ring (bicyclic) bond motifs is 1. The summed E-state index contributed by atoms with van der Waals surface area (Å²) in [6.45, 7) is 3.86. The van der Waals surface area contributed by atoms with Gasteiger partial charge in [0.05, 0.1) is 11.1 Å². The van der Waals surface area contributed by atoms with Crippen LogP contribution in [0.2, 0.25) is 0 Å². The average Bonchev–Trinajstić information content (AvgIpc) is 2.60. The van der Waals surface area contributed by atoms with E-state index in [0.717, 1.165) is 15.7 Å². The first-order chi connectivity index (χ1) is 9.03. The third-order valence-electron chi connectivity index (χ3n) is 3.39. The molecule has 1 aromatic heterocycles. The van der Waals surface area contributed by atoms with Crippen molar-refractivity contribution in [1.29, 1.82) is 0 Å². The SMILES string of the molecule is CC1(C)C(=O)N(c2ccncn2)c2cccc(Br)c21. The molecule has 3 rings (SSSR count). The number of halogens is 1. The standard InChI is InChI=1S/C14H12BrN3O/c1-14(2)12-9(15)4-3-5-10(12)18(13(14)19)11-6-7-16-8-17-11/h3-8H,1-2H3. The lowest BCUT2D eigenvalue weighted by Crippen LogP contribution is -2.33. The predicted octanol–water partition coefficient (Wildman–Crippen LogP) is 3.20. The monoisotopic (exact) mass is 317 g/mol. The molecule has 0 aliphatic carbocycles. The zero-order valence-electron chi connectivity index (χ0n) is 10.6. The van der Waals surface area contributed by atoms with Crippen molar-refractivity contribution in [3.05, 3.63) is 46.8 Å². The Hall–Kier alpha value is -1.75. The number of aromatic nitrogens is 2. The van der Waals surface area contributed by atoms with Gasteiger partial charge in [0.1, 0.15) is 12.1 Å². The number of nitrogens with zero attached hydrogens (tertiary/aromatic N) is 3. The van der Waals surface area contributed by atoms with Crippen molar-refractivity contribution in [3.63, 3.8) is 0 Å². The molecule has 1 aliphatic heterocycles. The maximum atomic E-state index is 12.7. The molecule has 0 spiro atoms. The van der Waals surface area contributed by atoms with E-state index in [0.29, 0.717) is 5.82 Å². The van der Waals surface area contributed by atoms with Crippen molar-refractivity contribution in [2.24, 2.45) is 0 Å². The third kappa shape index (κ3) is 1.69. The van der Waals surface area contributed by atoms with E-state index < -0.39 is 5.41 Å². The van der Waals surface area contributed by atoms with Gasteiger partial charge in [-0.2, -0.15) is 0 Å². The third-order valence-corrected chi connectivity index (χ3v) is 4.05. The normalized spacial score (nSPS) is 16.6. The van der Waals surface area contributed by atoms with Crippen LogP contribution >= 0.6 is 15.9 Å². The van der Waals surface area contributed by atoms with Crippen LogP contribution in [0.15, 0.2) is 41.3 Å². The molecule has 0 atom stereocenters. The fourth-order valence-corrected chi connectivity index (χ4v) is 3.31. The number of amides is 1. The van der Waals surface area contributed by atoms with Crippen molar-refractivity contribution in [2.75, 3.05) is 4.90 Å². The minimum absolute atomic E-state index is 0.0214.